The molecule has 0 aliphatic carbocycles. The van der Waals surface area contributed by atoms with E-state index in [4.69, 9.17) is 9.97 Å². The second-order valence-corrected chi connectivity index (χ2v) is 14.1. The third-order valence-corrected chi connectivity index (χ3v) is 11.3. The lowest BCUT2D eigenvalue weighted by molar-refractivity contribution is 1.02. The maximum Gasteiger partial charge on any atom is 0.235 e. The van der Waals surface area contributed by atoms with Crippen LogP contribution < -0.4 is 0 Å². The van der Waals surface area contributed by atoms with Crippen molar-refractivity contribution in [1.82, 2.24) is 19.1 Å². The molecule has 0 saturated carbocycles. The molecule has 0 N–H and O–H groups in total. The number of hydrogen-bond acceptors (Lipinski definition) is 3. The molecule has 0 spiro atoms. The summed E-state index contributed by atoms with van der Waals surface area (Å²) in [6.45, 7) is 0. The Kier molecular flexibility index (Phi) is 6.09. The molecule has 0 amide bonds. The van der Waals surface area contributed by atoms with Crippen molar-refractivity contribution in [3.63, 3.8) is 0 Å². The largest absolute Gasteiger partial charge is 0.309 e. The van der Waals surface area contributed by atoms with Crippen LogP contribution in [0, 0.1) is 0 Å². The lowest BCUT2D eigenvalue weighted by atomic mass is 10.1. The summed E-state index contributed by atoms with van der Waals surface area (Å²) in [6.07, 6.45) is 0. The van der Waals surface area contributed by atoms with E-state index in [1.165, 1.54) is 42.9 Å². The minimum atomic E-state index is 0.680. The van der Waals surface area contributed by atoms with Gasteiger partial charge in [0, 0.05) is 42.9 Å². The molecule has 11 aromatic rings. The number of hydrogen-bond donors (Lipinski definition) is 0. The molecule has 0 saturated heterocycles. The molecular formula is C46H28N4S. The zero-order valence-electron chi connectivity index (χ0n) is 27.4. The molecule has 238 valence electrons. The molecule has 11 rings (SSSR count). The fourth-order valence-corrected chi connectivity index (χ4v) is 9.00. The molecule has 0 fully saturated rings. The lowest BCUT2D eigenvalue weighted by Crippen LogP contribution is -2.02. The molecule has 4 nitrogen and oxygen atoms in total. The molecule has 51 heavy (non-hydrogen) atoms. The topological polar surface area (TPSA) is 35.6 Å². The van der Waals surface area contributed by atoms with Crippen molar-refractivity contribution in [2.45, 2.75) is 0 Å². The molecule has 0 bridgehead atoms. The molecular weight excluding hydrogens is 641 g/mol. The van der Waals surface area contributed by atoms with Crippen LogP contribution in [-0.2, 0) is 0 Å². The monoisotopic (exact) mass is 668 g/mol. The van der Waals surface area contributed by atoms with Gasteiger partial charge in [0.05, 0.1) is 38.0 Å². The Labute approximate surface area is 297 Å². The summed E-state index contributed by atoms with van der Waals surface area (Å²) in [5, 5.41) is 5.95. The fourth-order valence-electron chi connectivity index (χ4n) is 7.84. The Balaban J connectivity index is 1.16. The van der Waals surface area contributed by atoms with Crippen molar-refractivity contribution in [3.8, 4) is 34.0 Å². The average molecular weight is 669 g/mol. The van der Waals surface area contributed by atoms with Crippen molar-refractivity contribution in [3.05, 3.63) is 170 Å². The summed E-state index contributed by atoms with van der Waals surface area (Å²) in [4.78, 5) is 10.8. The highest BCUT2D eigenvalue weighted by molar-refractivity contribution is 7.26. The zero-order chi connectivity index (χ0) is 33.5. The minimum absolute atomic E-state index is 0.680. The smallest absolute Gasteiger partial charge is 0.235 e. The molecule has 0 unspecified atom stereocenters. The van der Waals surface area contributed by atoms with Crippen LogP contribution in [0.15, 0.2) is 170 Å². The van der Waals surface area contributed by atoms with E-state index >= 15 is 0 Å². The highest BCUT2D eigenvalue weighted by Gasteiger charge is 2.21. The Morgan fingerprint density at radius 2 is 0.922 bits per heavy atom. The van der Waals surface area contributed by atoms with Crippen LogP contribution in [0.1, 0.15) is 0 Å². The van der Waals surface area contributed by atoms with E-state index in [0.29, 0.717) is 5.95 Å². The summed E-state index contributed by atoms with van der Waals surface area (Å²) in [7, 11) is 0. The van der Waals surface area contributed by atoms with Crippen LogP contribution in [0.2, 0.25) is 0 Å². The van der Waals surface area contributed by atoms with Crippen LogP contribution in [0.5, 0.6) is 0 Å². The molecule has 7 aromatic carbocycles. The third kappa shape index (κ3) is 4.25. The fraction of sp³-hybridized carbons (Fsp3) is 0. The number of aromatic nitrogens is 4. The first-order valence-electron chi connectivity index (χ1n) is 17.2. The molecule has 0 aliphatic rings. The van der Waals surface area contributed by atoms with Crippen molar-refractivity contribution >= 4 is 75.3 Å². The van der Waals surface area contributed by atoms with Crippen LogP contribution in [0.4, 0.5) is 0 Å². The van der Waals surface area contributed by atoms with Gasteiger partial charge >= 0.3 is 0 Å². The van der Waals surface area contributed by atoms with E-state index in [9.17, 15) is 0 Å². The van der Waals surface area contributed by atoms with E-state index in [1.54, 1.807) is 11.3 Å². The molecule has 0 atom stereocenters. The van der Waals surface area contributed by atoms with Gasteiger partial charge in [-0.25, -0.2) is 9.97 Å². The van der Waals surface area contributed by atoms with Gasteiger partial charge < -0.3 is 4.57 Å². The minimum Gasteiger partial charge on any atom is -0.309 e. The number of para-hydroxylation sites is 3. The zero-order valence-corrected chi connectivity index (χ0v) is 28.2. The van der Waals surface area contributed by atoms with Crippen LogP contribution in [-0.4, -0.2) is 19.1 Å². The Morgan fingerprint density at radius 3 is 1.63 bits per heavy atom. The van der Waals surface area contributed by atoms with E-state index in [1.807, 2.05) is 0 Å². The predicted molar refractivity (Wildman–Crippen MR) is 214 cm³/mol. The van der Waals surface area contributed by atoms with Gasteiger partial charge in [-0.2, -0.15) is 0 Å². The maximum atomic E-state index is 5.45. The lowest BCUT2D eigenvalue weighted by Gasteiger charge is -2.11. The van der Waals surface area contributed by atoms with Crippen molar-refractivity contribution < 1.29 is 0 Å². The van der Waals surface area contributed by atoms with Crippen molar-refractivity contribution in [1.29, 1.82) is 0 Å². The van der Waals surface area contributed by atoms with E-state index in [0.717, 1.165) is 49.1 Å². The summed E-state index contributed by atoms with van der Waals surface area (Å²) in [6, 6.07) is 60.6. The van der Waals surface area contributed by atoms with Gasteiger partial charge in [0.2, 0.25) is 5.95 Å². The summed E-state index contributed by atoms with van der Waals surface area (Å²) >= 11 is 1.77. The number of nitrogens with zero attached hydrogens (tertiary/aromatic N) is 4. The maximum absolute atomic E-state index is 5.45. The van der Waals surface area contributed by atoms with Crippen LogP contribution >= 0.6 is 11.3 Å². The molecule has 5 heteroatoms. The van der Waals surface area contributed by atoms with Crippen LogP contribution in [0.25, 0.3) is 97.9 Å². The van der Waals surface area contributed by atoms with Crippen LogP contribution in [0.3, 0.4) is 0 Å². The quantitative estimate of drug-likeness (QED) is 0.187. The summed E-state index contributed by atoms with van der Waals surface area (Å²) in [5.41, 5.74) is 11.1. The second kappa shape index (κ2) is 11.0. The molecule has 0 aliphatic heterocycles. The Hall–Kier alpha value is -6.56. The van der Waals surface area contributed by atoms with E-state index < -0.39 is 0 Å². The average Bonchev–Trinajstić information content (AvgIpc) is 3.86. The van der Waals surface area contributed by atoms with Crippen molar-refractivity contribution in [2.75, 3.05) is 0 Å². The third-order valence-electron chi connectivity index (χ3n) is 10.2. The van der Waals surface area contributed by atoms with Gasteiger partial charge in [-0.1, -0.05) is 121 Å². The SMILES string of the molecule is c1ccc(-c2ccc(-n3c4ccccc4c4cc(-c5nc(-n6c7ccccc7c7ccccc76)nc6c5sc5ccccc56)ccc43)cc2)cc1. The highest BCUT2D eigenvalue weighted by Crippen LogP contribution is 2.42. The standard InChI is InChI=1S/C46H28N4S/c1-2-12-29(13-3-1)30-22-25-32(26-23-30)49-38-18-8-6-16-35(38)37-28-31(24-27-41(37)49)43-45-44(36-17-7-11-21-42(36)51-45)48-46(47-43)50-39-19-9-4-14-33(39)34-15-5-10-20-40(34)50/h1-28H. The van der Waals surface area contributed by atoms with Gasteiger partial charge in [-0.05, 0) is 59.7 Å². The van der Waals surface area contributed by atoms with Gasteiger partial charge in [-0.3, -0.25) is 4.57 Å². The number of benzene rings is 7. The van der Waals surface area contributed by atoms with E-state index in [-0.39, 0.29) is 0 Å². The first kappa shape index (κ1) is 28.3. The summed E-state index contributed by atoms with van der Waals surface area (Å²) < 4.78 is 6.91. The Bertz CT molecular complexity index is 3080. The Morgan fingerprint density at radius 1 is 0.392 bits per heavy atom. The van der Waals surface area contributed by atoms with Gasteiger partial charge in [-0.15, -0.1) is 11.3 Å². The first-order chi connectivity index (χ1) is 25.3. The molecule has 0 radical (unpaired) electrons. The van der Waals surface area contributed by atoms with Gasteiger partial charge in [0.15, 0.2) is 0 Å². The van der Waals surface area contributed by atoms with E-state index in [2.05, 4.69) is 179 Å². The predicted octanol–water partition coefficient (Wildman–Crippen LogP) is 12.4. The van der Waals surface area contributed by atoms with Gasteiger partial charge in [0.25, 0.3) is 0 Å². The molecule has 4 aromatic heterocycles. The number of fused-ring (bicyclic) bond motifs is 9. The second-order valence-electron chi connectivity index (χ2n) is 13.0. The highest BCUT2D eigenvalue weighted by atomic mass is 32.1. The number of thiophene rings is 1. The van der Waals surface area contributed by atoms with Gasteiger partial charge in [0.1, 0.15) is 0 Å². The first-order valence-corrected chi connectivity index (χ1v) is 18.0. The summed E-state index contributed by atoms with van der Waals surface area (Å²) in [5.74, 6) is 0.680. The number of rotatable bonds is 4. The van der Waals surface area contributed by atoms with Crippen molar-refractivity contribution in [2.24, 2.45) is 0 Å². The molecule has 4 heterocycles. The normalized spacial score (nSPS) is 11.9.